The van der Waals surface area contributed by atoms with Gasteiger partial charge in [-0.2, -0.15) is 0 Å². The first-order valence-electron chi connectivity index (χ1n) is 10.1. The molecule has 2 aromatic rings. The van der Waals surface area contributed by atoms with Crippen molar-refractivity contribution in [1.82, 2.24) is 9.88 Å². The third kappa shape index (κ3) is 2.94. The van der Waals surface area contributed by atoms with Gasteiger partial charge in [0.15, 0.2) is 0 Å². The van der Waals surface area contributed by atoms with Gasteiger partial charge < -0.3 is 10.0 Å². The number of aliphatic carboxylic acids is 1. The van der Waals surface area contributed by atoms with Gasteiger partial charge in [-0.15, -0.1) is 11.3 Å². The van der Waals surface area contributed by atoms with E-state index >= 15 is 0 Å². The van der Waals surface area contributed by atoms with Gasteiger partial charge in [-0.25, -0.2) is 4.98 Å². The SMILES string of the molecule is O=C(O)C1CC12CCN(C(=O)C1CC=CCC1c1nc3ccccc3s1)CC2. The first-order valence-corrected chi connectivity index (χ1v) is 10.9. The van der Waals surface area contributed by atoms with Crippen LogP contribution >= 0.6 is 11.3 Å². The summed E-state index contributed by atoms with van der Waals surface area (Å²) >= 11 is 1.70. The molecule has 0 radical (unpaired) electrons. The third-order valence-electron chi connectivity index (χ3n) is 6.94. The van der Waals surface area contributed by atoms with Gasteiger partial charge in [-0.1, -0.05) is 24.3 Å². The summed E-state index contributed by atoms with van der Waals surface area (Å²) in [6, 6.07) is 8.15. The number of aromatic nitrogens is 1. The highest BCUT2D eigenvalue weighted by Crippen LogP contribution is 2.59. The Morgan fingerprint density at radius 3 is 2.61 bits per heavy atom. The molecule has 1 N–H and O–H groups in total. The minimum absolute atomic E-state index is 0.0402. The summed E-state index contributed by atoms with van der Waals surface area (Å²) < 4.78 is 1.17. The average molecular weight is 397 g/mol. The van der Waals surface area contributed by atoms with Gasteiger partial charge in [0.1, 0.15) is 0 Å². The van der Waals surface area contributed by atoms with Gasteiger partial charge in [0, 0.05) is 19.0 Å². The van der Waals surface area contributed by atoms with Crippen LogP contribution in [0.2, 0.25) is 0 Å². The van der Waals surface area contributed by atoms with Crippen molar-refractivity contribution < 1.29 is 14.7 Å². The van der Waals surface area contributed by atoms with Crippen LogP contribution in [0.15, 0.2) is 36.4 Å². The number of para-hydroxylation sites is 1. The summed E-state index contributed by atoms with van der Waals surface area (Å²) in [4.78, 5) is 31.4. The molecule has 1 saturated carbocycles. The van der Waals surface area contributed by atoms with E-state index in [4.69, 9.17) is 4.98 Å². The summed E-state index contributed by atoms with van der Waals surface area (Å²) in [5.74, 6) is -0.575. The maximum Gasteiger partial charge on any atom is 0.307 e. The number of fused-ring (bicyclic) bond motifs is 1. The van der Waals surface area contributed by atoms with Crippen LogP contribution in [0.5, 0.6) is 0 Å². The molecule has 3 unspecified atom stereocenters. The minimum Gasteiger partial charge on any atom is -0.481 e. The maximum atomic E-state index is 13.4. The van der Waals surface area contributed by atoms with E-state index in [1.807, 2.05) is 23.1 Å². The molecule has 1 spiro atoms. The Hall–Kier alpha value is -2.21. The molecule has 5 rings (SSSR count). The highest BCUT2D eigenvalue weighted by atomic mass is 32.1. The Morgan fingerprint density at radius 2 is 1.89 bits per heavy atom. The largest absolute Gasteiger partial charge is 0.481 e. The van der Waals surface area contributed by atoms with Crippen molar-refractivity contribution in [2.75, 3.05) is 13.1 Å². The van der Waals surface area contributed by atoms with Crippen molar-refractivity contribution in [2.45, 2.75) is 38.0 Å². The van der Waals surface area contributed by atoms with E-state index in [0.717, 1.165) is 42.6 Å². The molecule has 2 aliphatic carbocycles. The van der Waals surface area contributed by atoms with E-state index in [9.17, 15) is 14.7 Å². The number of carboxylic acids is 1. The second-order valence-corrected chi connectivity index (χ2v) is 9.52. The fourth-order valence-electron chi connectivity index (χ4n) is 5.07. The maximum absolute atomic E-state index is 13.4. The van der Waals surface area contributed by atoms with Crippen molar-refractivity contribution in [3.05, 3.63) is 41.4 Å². The van der Waals surface area contributed by atoms with Crippen LogP contribution in [0.25, 0.3) is 10.2 Å². The molecular formula is C22H24N2O3S. The number of hydrogen-bond acceptors (Lipinski definition) is 4. The summed E-state index contributed by atoms with van der Waals surface area (Å²) in [5.41, 5.74) is 0.971. The predicted octanol–water partition coefficient (Wildman–Crippen LogP) is 4.06. The lowest BCUT2D eigenvalue weighted by Gasteiger charge is -2.37. The lowest BCUT2D eigenvalue weighted by Crippen LogP contribution is -2.44. The van der Waals surface area contributed by atoms with E-state index in [-0.39, 0.29) is 29.1 Å². The molecule has 146 valence electrons. The lowest BCUT2D eigenvalue weighted by molar-refractivity contribution is -0.140. The van der Waals surface area contributed by atoms with Crippen LogP contribution in [0.4, 0.5) is 0 Å². The molecule has 1 aromatic heterocycles. The molecule has 0 bridgehead atoms. The molecule has 28 heavy (non-hydrogen) atoms. The summed E-state index contributed by atoms with van der Waals surface area (Å²) in [6.45, 7) is 1.38. The zero-order chi connectivity index (χ0) is 19.3. The third-order valence-corrected chi connectivity index (χ3v) is 8.10. The number of nitrogens with zero attached hydrogens (tertiary/aromatic N) is 2. The number of carbonyl (C=O) groups excluding carboxylic acids is 1. The number of piperidine rings is 1. The number of thiazole rings is 1. The van der Waals surface area contributed by atoms with Gasteiger partial charge in [0.05, 0.1) is 27.1 Å². The summed E-state index contributed by atoms with van der Waals surface area (Å²) in [6.07, 6.45) is 8.35. The van der Waals surface area contributed by atoms with E-state index in [1.54, 1.807) is 11.3 Å². The Morgan fingerprint density at radius 1 is 1.14 bits per heavy atom. The number of likely N-dealkylation sites (tertiary alicyclic amines) is 1. The predicted molar refractivity (Wildman–Crippen MR) is 108 cm³/mol. The molecule has 2 fully saturated rings. The number of benzene rings is 1. The normalized spacial score (nSPS) is 28.6. The molecule has 1 saturated heterocycles. The average Bonchev–Trinajstić information content (AvgIpc) is 3.25. The first-order chi connectivity index (χ1) is 13.6. The van der Waals surface area contributed by atoms with E-state index in [2.05, 4.69) is 18.2 Å². The van der Waals surface area contributed by atoms with Crippen LogP contribution < -0.4 is 0 Å². The van der Waals surface area contributed by atoms with E-state index in [0.29, 0.717) is 13.1 Å². The zero-order valence-electron chi connectivity index (χ0n) is 15.7. The Labute approximate surface area is 168 Å². The quantitative estimate of drug-likeness (QED) is 0.795. The van der Waals surface area contributed by atoms with Crippen molar-refractivity contribution >= 4 is 33.4 Å². The number of allylic oxidation sites excluding steroid dienone is 2. The van der Waals surface area contributed by atoms with Crippen molar-refractivity contribution in [2.24, 2.45) is 17.3 Å². The highest BCUT2D eigenvalue weighted by Gasteiger charge is 2.59. The van der Waals surface area contributed by atoms with Crippen molar-refractivity contribution in [3.63, 3.8) is 0 Å². The molecule has 2 heterocycles. The minimum atomic E-state index is -0.673. The number of carbonyl (C=O) groups is 2. The first kappa shape index (κ1) is 17.9. The van der Waals surface area contributed by atoms with E-state index < -0.39 is 5.97 Å². The zero-order valence-corrected chi connectivity index (χ0v) is 16.5. The fourth-order valence-corrected chi connectivity index (χ4v) is 6.21. The fraction of sp³-hybridized carbons (Fsp3) is 0.500. The van der Waals surface area contributed by atoms with Crippen LogP contribution in [-0.2, 0) is 9.59 Å². The van der Waals surface area contributed by atoms with Crippen LogP contribution in [-0.4, -0.2) is 40.0 Å². The van der Waals surface area contributed by atoms with Gasteiger partial charge in [-0.05, 0) is 49.7 Å². The van der Waals surface area contributed by atoms with Crippen LogP contribution in [0.3, 0.4) is 0 Å². The van der Waals surface area contributed by atoms with Crippen LogP contribution in [0, 0.1) is 17.3 Å². The molecule has 3 aliphatic rings. The molecule has 1 amide bonds. The standard InChI is InChI=1S/C22H24N2O3S/c25-20(24-11-9-22(10-12-24)13-16(22)21(26)27)15-6-2-1-5-14(15)19-23-17-7-3-4-8-18(17)28-19/h1-4,7-8,14-16H,5-6,9-13H2,(H,26,27). The van der Waals surface area contributed by atoms with Crippen molar-refractivity contribution in [1.29, 1.82) is 0 Å². The number of amides is 1. The summed E-state index contributed by atoms with van der Waals surface area (Å²) in [7, 11) is 0. The molecule has 1 aromatic carbocycles. The van der Waals surface area contributed by atoms with Gasteiger partial charge in [0.2, 0.25) is 5.91 Å². The van der Waals surface area contributed by atoms with Crippen LogP contribution in [0.1, 0.15) is 43.0 Å². The smallest absolute Gasteiger partial charge is 0.307 e. The monoisotopic (exact) mass is 396 g/mol. The highest BCUT2D eigenvalue weighted by molar-refractivity contribution is 7.18. The number of hydrogen-bond donors (Lipinski definition) is 1. The second-order valence-electron chi connectivity index (χ2n) is 8.46. The molecule has 3 atom stereocenters. The lowest BCUT2D eigenvalue weighted by atomic mass is 9.81. The van der Waals surface area contributed by atoms with Gasteiger partial charge in [0.25, 0.3) is 0 Å². The Kier molecular flexibility index (Phi) is 4.27. The van der Waals surface area contributed by atoms with Crippen molar-refractivity contribution in [3.8, 4) is 0 Å². The summed E-state index contributed by atoms with van der Waals surface area (Å²) in [5, 5.41) is 10.3. The van der Waals surface area contributed by atoms with Gasteiger partial charge >= 0.3 is 5.97 Å². The Bertz CT molecular complexity index is 925. The molecule has 1 aliphatic heterocycles. The second kappa shape index (κ2) is 6.69. The Balaban J connectivity index is 1.32. The molecule has 5 nitrogen and oxygen atoms in total. The van der Waals surface area contributed by atoms with Gasteiger partial charge in [-0.3, -0.25) is 9.59 Å². The van der Waals surface area contributed by atoms with E-state index in [1.165, 1.54) is 4.70 Å². The molecule has 6 heteroatoms. The molecular weight excluding hydrogens is 372 g/mol. The topological polar surface area (TPSA) is 70.5 Å². The number of rotatable bonds is 3. The number of carboxylic acid groups (broad SMARTS) is 1.